The number of rotatable bonds is 4. The number of hydrogen-bond acceptors (Lipinski definition) is 4. The molecule has 1 aromatic carbocycles. The Balaban J connectivity index is 2.05. The summed E-state index contributed by atoms with van der Waals surface area (Å²) in [6.07, 6.45) is 0.984. The van der Waals surface area contributed by atoms with E-state index in [9.17, 15) is 8.42 Å². The lowest BCUT2D eigenvalue weighted by molar-refractivity contribution is 0.481. The second-order valence-electron chi connectivity index (χ2n) is 3.46. The van der Waals surface area contributed by atoms with Crippen molar-refractivity contribution >= 4 is 31.7 Å². The van der Waals surface area contributed by atoms with E-state index >= 15 is 0 Å². The molecular weight excluding hydrogens is 246 g/mol. The number of aryl methyl sites for hydroxylation is 1. The molecule has 0 aliphatic rings. The molecule has 0 bridgehead atoms. The minimum absolute atomic E-state index is 0.205. The molecule has 0 radical (unpaired) electrons. The fraction of sp³-hybridized carbons (Fsp3) is 0.300. The van der Waals surface area contributed by atoms with Gasteiger partial charge in [0, 0.05) is 6.42 Å². The first-order valence-electron chi connectivity index (χ1n) is 4.84. The first-order chi connectivity index (χ1) is 7.54. The highest BCUT2D eigenvalue weighted by molar-refractivity contribution is 7.85. The van der Waals surface area contributed by atoms with Crippen molar-refractivity contribution in [3.63, 3.8) is 0 Å². The van der Waals surface area contributed by atoms with Crippen LogP contribution in [-0.4, -0.2) is 23.7 Å². The predicted molar refractivity (Wildman–Crippen MR) is 64.4 cm³/mol. The van der Waals surface area contributed by atoms with Gasteiger partial charge in [-0.25, -0.2) is 4.98 Å². The maximum Gasteiger partial charge on any atom is 0.264 e. The van der Waals surface area contributed by atoms with Crippen molar-refractivity contribution in [3.8, 4) is 0 Å². The summed E-state index contributed by atoms with van der Waals surface area (Å²) in [7, 11) is -3.85. The Kier molecular flexibility index (Phi) is 3.22. The molecule has 1 N–H and O–H groups in total. The molecular formula is C10H11NO3S2. The summed E-state index contributed by atoms with van der Waals surface area (Å²) in [4.78, 5) is 4.37. The van der Waals surface area contributed by atoms with E-state index in [0.29, 0.717) is 12.8 Å². The summed E-state index contributed by atoms with van der Waals surface area (Å²) in [5, 5.41) is 0.907. The van der Waals surface area contributed by atoms with E-state index in [1.807, 2.05) is 24.3 Å². The highest BCUT2D eigenvalue weighted by Crippen LogP contribution is 2.22. The highest BCUT2D eigenvalue weighted by atomic mass is 32.2. The first-order valence-corrected chi connectivity index (χ1v) is 7.27. The molecule has 2 rings (SSSR count). The van der Waals surface area contributed by atoms with Gasteiger partial charge >= 0.3 is 0 Å². The second-order valence-corrected chi connectivity index (χ2v) is 6.15. The van der Waals surface area contributed by atoms with Crippen LogP contribution in [0.15, 0.2) is 24.3 Å². The van der Waals surface area contributed by atoms with Crippen molar-refractivity contribution in [1.29, 1.82) is 0 Å². The summed E-state index contributed by atoms with van der Waals surface area (Å²) >= 11 is 1.56. The SMILES string of the molecule is O=S(=O)(O)CCCc1nc2ccccc2s1. The fourth-order valence-corrected chi connectivity index (χ4v) is 2.95. The molecule has 2 aromatic rings. The Hall–Kier alpha value is -0.980. The Bertz CT molecular complexity index is 556. The van der Waals surface area contributed by atoms with Crippen LogP contribution < -0.4 is 0 Å². The van der Waals surface area contributed by atoms with Gasteiger partial charge in [-0.2, -0.15) is 8.42 Å². The molecule has 4 nitrogen and oxygen atoms in total. The van der Waals surface area contributed by atoms with Gasteiger partial charge in [0.2, 0.25) is 0 Å². The number of aromatic nitrogens is 1. The van der Waals surface area contributed by atoms with Crippen LogP contribution in [0.4, 0.5) is 0 Å². The summed E-state index contributed by atoms with van der Waals surface area (Å²) in [6, 6.07) is 7.78. The largest absolute Gasteiger partial charge is 0.286 e. The number of nitrogens with zero attached hydrogens (tertiary/aromatic N) is 1. The van der Waals surface area contributed by atoms with E-state index in [-0.39, 0.29) is 5.75 Å². The van der Waals surface area contributed by atoms with Gasteiger partial charge in [0.25, 0.3) is 10.1 Å². The van der Waals surface area contributed by atoms with Crippen LogP contribution >= 0.6 is 11.3 Å². The van der Waals surface area contributed by atoms with Crippen LogP contribution in [0.5, 0.6) is 0 Å². The third-order valence-electron chi connectivity index (χ3n) is 2.13. The molecule has 1 aromatic heterocycles. The Morgan fingerprint density at radius 1 is 1.31 bits per heavy atom. The maximum absolute atomic E-state index is 10.5. The smallest absolute Gasteiger partial charge is 0.264 e. The molecule has 6 heteroatoms. The highest BCUT2D eigenvalue weighted by Gasteiger charge is 2.07. The number of para-hydroxylation sites is 1. The monoisotopic (exact) mass is 257 g/mol. The van der Waals surface area contributed by atoms with Gasteiger partial charge in [0.15, 0.2) is 0 Å². The number of fused-ring (bicyclic) bond motifs is 1. The Morgan fingerprint density at radius 3 is 2.75 bits per heavy atom. The van der Waals surface area contributed by atoms with E-state index in [1.54, 1.807) is 11.3 Å². The molecule has 0 fully saturated rings. The summed E-state index contributed by atoms with van der Waals surface area (Å²) in [6.45, 7) is 0. The normalized spacial score (nSPS) is 12.1. The van der Waals surface area contributed by atoms with Gasteiger partial charge in [-0.15, -0.1) is 11.3 Å². The molecule has 0 atom stereocenters. The van der Waals surface area contributed by atoms with Crippen LogP contribution in [0.25, 0.3) is 10.2 Å². The zero-order chi connectivity index (χ0) is 11.6. The van der Waals surface area contributed by atoms with E-state index in [0.717, 1.165) is 15.2 Å². The van der Waals surface area contributed by atoms with E-state index in [1.165, 1.54) is 0 Å². The molecule has 16 heavy (non-hydrogen) atoms. The zero-order valence-corrected chi connectivity index (χ0v) is 10.1. The van der Waals surface area contributed by atoms with Gasteiger partial charge < -0.3 is 0 Å². The standard InChI is InChI=1S/C10H11NO3S2/c12-16(13,14)7-3-6-10-11-8-4-1-2-5-9(8)15-10/h1-2,4-5H,3,6-7H2,(H,12,13,14). The van der Waals surface area contributed by atoms with Gasteiger partial charge in [-0.05, 0) is 18.6 Å². The van der Waals surface area contributed by atoms with Crippen molar-refractivity contribution in [1.82, 2.24) is 4.98 Å². The molecule has 0 aliphatic heterocycles. The van der Waals surface area contributed by atoms with Crippen LogP contribution in [0.3, 0.4) is 0 Å². The topological polar surface area (TPSA) is 67.3 Å². The van der Waals surface area contributed by atoms with Crippen LogP contribution in [0.2, 0.25) is 0 Å². The van der Waals surface area contributed by atoms with Crippen molar-refractivity contribution in [2.75, 3.05) is 5.75 Å². The van der Waals surface area contributed by atoms with E-state index in [4.69, 9.17) is 4.55 Å². The second kappa shape index (κ2) is 4.48. The Labute approximate surface area is 97.7 Å². The third-order valence-corrected chi connectivity index (χ3v) is 4.03. The predicted octanol–water partition coefficient (Wildman–Crippen LogP) is 2.12. The lowest BCUT2D eigenvalue weighted by Gasteiger charge is -1.94. The van der Waals surface area contributed by atoms with Gasteiger partial charge in [0.05, 0.1) is 21.0 Å². The van der Waals surface area contributed by atoms with Gasteiger partial charge in [-0.1, -0.05) is 12.1 Å². The Morgan fingerprint density at radius 2 is 2.06 bits per heavy atom. The molecule has 0 saturated carbocycles. The van der Waals surface area contributed by atoms with Crippen molar-refractivity contribution < 1.29 is 13.0 Å². The minimum Gasteiger partial charge on any atom is -0.286 e. The van der Waals surface area contributed by atoms with E-state index in [2.05, 4.69) is 4.98 Å². The lowest BCUT2D eigenvalue weighted by Crippen LogP contribution is -2.04. The third kappa shape index (κ3) is 3.01. The summed E-state index contributed by atoms with van der Waals surface area (Å²) < 4.78 is 30.8. The maximum atomic E-state index is 10.5. The lowest BCUT2D eigenvalue weighted by atomic mass is 10.3. The number of hydrogen-bond donors (Lipinski definition) is 1. The van der Waals surface area contributed by atoms with Gasteiger partial charge in [0.1, 0.15) is 0 Å². The minimum atomic E-state index is -3.85. The first kappa shape index (κ1) is 11.5. The van der Waals surface area contributed by atoms with Crippen molar-refractivity contribution in [3.05, 3.63) is 29.3 Å². The number of benzene rings is 1. The van der Waals surface area contributed by atoms with Crippen LogP contribution in [-0.2, 0) is 16.5 Å². The fourth-order valence-electron chi connectivity index (χ4n) is 1.43. The molecule has 0 unspecified atom stereocenters. The molecule has 0 spiro atoms. The van der Waals surface area contributed by atoms with Crippen LogP contribution in [0, 0.1) is 0 Å². The van der Waals surface area contributed by atoms with E-state index < -0.39 is 10.1 Å². The molecule has 1 heterocycles. The summed E-state index contributed by atoms with van der Waals surface area (Å²) in [5.41, 5.74) is 0.939. The summed E-state index contributed by atoms with van der Waals surface area (Å²) in [5.74, 6) is -0.205. The number of thiazole rings is 1. The van der Waals surface area contributed by atoms with Crippen LogP contribution in [0.1, 0.15) is 11.4 Å². The van der Waals surface area contributed by atoms with Crippen molar-refractivity contribution in [2.24, 2.45) is 0 Å². The van der Waals surface area contributed by atoms with Gasteiger partial charge in [-0.3, -0.25) is 4.55 Å². The molecule has 0 amide bonds. The average Bonchev–Trinajstić information content (AvgIpc) is 2.57. The zero-order valence-electron chi connectivity index (χ0n) is 8.46. The molecule has 0 saturated heterocycles. The average molecular weight is 257 g/mol. The molecule has 86 valence electrons. The van der Waals surface area contributed by atoms with Crippen molar-refractivity contribution in [2.45, 2.75) is 12.8 Å². The quantitative estimate of drug-likeness (QED) is 0.852. The molecule has 0 aliphatic carbocycles.